The highest BCUT2D eigenvalue weighted by molar-refractivity contribution is 9.10. The molecule has 0 saturated carbocycles. The van der Waals surface area contributed by atoms with Crippen LogP contribution in [-0.4, -0.2) is 6.04 Å². The van der Waals surface area contributed by atoms with Crippen molar-refractivity contribution in [3.8, 4) is 0 Å². The number of aryl methyl sites for hydroxylation is 3. The second kappa shape index (κ2) is 6.94. The summed E-state index contributed by atoms with van der Waals surface area (Å²) in [4.78, 5) is 0. The maximum Gasteiger partial charge on any atom is 0.0486 e. The van der Waals surface area contributed by atoms with Crippen molar-refractivity contribution >= 4 is 21.6 Å². The van der Waals surface area contributed by atoms with Crippen molar-refractivity contribution in [2.45, 2.75) is 39.7 Å². The Morgan fingerprint density at radius 2 is 1.80 bits per heavy atom. The van der Waals surface area contributed by atoms with Gasteiger partial charge in [0.2, 0.25) is 0 Å². The molecule has 0 aromatic heterocycles. The fourth-order valence-electron chi connectivity index (χ4n) is 2.33. The molecule has 0 aliphatic rings. The number of rotatable bonds is 5. The van der Waals surface area contributed by atoms with Crippen LogP contribution in [0.1, 0.15) is 30.0 Å². The van der Waals surface area contributed by atoms with Gasteiger partial charge >= 0.3 is 0 Å². The Kier molecular flexibility index (Phi) is 5.24. The summed E-state index contributed by atoms with van der Waals surface area (Å²) in [5, 5.41) is 3.58. The van der Waals surface area contributed by atoms with Crippen LogP contribution in [0.3, 0.4) is 0 Å². The fourth-order valence-corrected chi connectivity index (χ4v) is 2.93. The van der Waals surface area contributed by atoms with E-state index in [1.807, 2.05) is 0 Å². The Labute approximate surface area is 130 Å². The van der Waals surface area contributed by atoms with Crippen LogP contribution in [0.2, 0.25) is 0 Å². The first kappa shape index (κ1) is 15.1. The van der Waals surface area contributed by atoms with Gasteiger partial charge in [0.05, 0.1) is 0 Å². The van der Waals surface area contributed by atoms with Gasteiger partial charge in [-0.2, -0.15) is 0 Å². The molecule has 0 bridgehead atoms. The first-order valence-electron chi connectivity index (χ1n) is 7.13. The monoisotopic (exact) mass is 331 g/mol. The van der Waals surface area contributed by atoms with E-state index in [9.17, 15) is 0 Å². The molecule has 2 heteroatoms. The maximum absolute atomic E-state index is 3.62. The molecule has 0 spiro atoms. The molecule has 2 rings (SSSR count). The van der Waals surface area contributed by atoms with Crippen LogP contribution in [0.4, 0.5) is 5.69 Å². The standard InChI is InChI=1S/C18H22BrN/c1-13-5-4-6-16(11-13)9-8-15(3)20-18-10-7-14(2)12-17(18)19/h4-7,10-12,15,20H,8-9H2,1-3H3. The summed E-state index contributed by atoms with van der Waals surface area (Å²) in [6.07, 6.45) is 2.24. The molecule has 1 N–H and O–H groups in total. The molecule has 106 valence electrons. The molecule has 1 nitrogen and oxygen atoms in total. The summed E-state index contributed by atoms with van der Waals surface area (Å²) in [5.74, 6) is 0. The van der Waals surface area contributed by atoms with E-state index in [2.05, 4.69) is 84.5 Å². The van der Waals surface area contributed by atoms with Crippen LogP contribution >= 0.6 is 15.9 Å². The Bertz CT molecular complexity index is 577. The third kappa shape index (κ3) is 4.38. The van der Waals surface area contributed by atoms with Crippen LogP contribution in [0.15, 0.2) is 46.9 Å². The first-order valence-corrected chi connectivity index (χ1v) is 7.92. The molecule has 0 saturated heterocycles. The number of hydrogen-bond donors (Lipinski definition) is 1. The third-order valence-corrected chi connectivity index (χ3v) is 4.13. The molecule has 0 radical (unpaired) electrons. The van der Waals surface area contributed by atoms with Crippen molar-refractivity contribution in [2.24, 2.45) is 0 Å². The number of halogens is 1. The Balaban J connectivity index is 1.90. The lowest BCUT2D eigenvalue weighted by atomic mass is 10.0. The summed E-state index contributed by atoms with van der Waals surface area (Å²) >= 11 is 3.62. The van der Waals surface area contributed by atoms with Gasteiger partial charge in [-0.1, -0.05) is 35.9 Å². The summed E-state index contributed by atoms with van der Waals surface area (Å²) < 4.78 is 1.14. The lowest BCUT2D eigenvalue weighted by molar-refractivity contribution is 0.705. The molecule has 0 aliphatic carbocycles. The fraction of sp³-hybridized carbons (Fsp3) is 0.333. The molecule has 1 unspecified atom stereocenters. The van der Waals surface area contributed by atoms with Gasteiger partial charge in [-0.25, -0.2) is 0 Å². The highest BCUT2D eigenvalue weighted by atomic mass is 79.9. The Hall–Kier alpha value is -1.28. The van der Waals surface area contributed by atoms with Gasteiger partial charge in [-0.05, 0) is 72.8 Å². The smallest absolute Gasteiger partial charge is 0.0486 e. The normalized spacial score (nSPS) is 12.2. The minimum Gasteiger partial charge on any atom is -0.382 e. The molecule has 0 aliphatic heterocycles. The van der Waals surface area contributed by atoms with Crippen molar-refractivity contribution < 1.29 is 0 Å². The molecule has 20 heavy (non-hydrogen) atoms. The van der Waals surface area contributed by atoms with E-state index in [4.69, 9.17) is 0 Å². The van der Waals surface area contributed by atoms with Gasteiger partial charge in [-0.3, -0.25) is 0 Å². The zero-order chi connectivity index (χ0) is 14.5. The van der Waals surface area contributed by atoms with Gasteiger partial charge in [0.25, 0.3) is 0 Å². The third-order valence-electron chi connectivity index (χ3n) is 3.47. The van der Waals surface area contributed by atoms with E-state index >= 15 is 0 Å². The Morgan fingerprint density at radius 3 is 2.50 bits per heavy atom. The zero-order valence-electron chi connectivity index (χ0n) is 12.4. The Morgan fingerprint density at radius 1 is 1.05 bits per heavy atom. The minimum absolute atomic E-state index is 0.453. The van der Waals surface area contributed by atoms with E-state index in [1.54, 1.807) is 0 Å². The van der Waals surface area contributed by atoms with Crippen molar-refractivity contribution in [3.63, 3.8) is 0 Å². The van der Waals surface area contributed by atoms with E-state index < -0.39 is 0 Å². The quantitative estimate of drug-likeness (QED) is 0.762. The van der Waals surface area contributed by atoms with Crippen molar-refractivity contribution in [1.82, 2.24) is 0 Å². The van der Waals surface area contributed by atoms with E-state index in [1.165, 1.54) is 22.4 Å². The minimum atomic E-state index is 0.453. The van der Waals surface area contributed by atoms with Gasteiger partial charge < -0.3 is 5.32 Å². The van der Waals surface area contributed by atoms with Crippen LogP contribution in [-0.2, 0) is 6.42 Å². The van der Waals surface area contributed by atoms with Gasteiger partial charge in [-0.15, -0.1) is 0 Å². The summed E-state index contributed by atoms with van der Waals surface area (Å²) in [5.41, 5.74) is 5.20. The second-order valence-electron chi connectivity index (χ2n) is 5.56. The predicted octanol–water partition coefficient (Wildman–Crippen LogP) is 5.50. The molecule has 0 heterocycles. The van der Waals surface area contributed by atoms with E-state index in [-0.39, 0.29) is 0 Å². The molecule has 2 aromatic carbocycles. The van der Waals surface area contributed by atoms with Crippen molar-refractivity contribution in [1.29, 1.82) is 0 Å². The lowest BCUT2D eigenvalue weighted by Gasteiger charge is -2.17. The first-order chi connectivity index (χ1) is 9.54. The number of nitrogens with one attached hydrogen (secondary N) is 1. The van der Waals surface area contributed by atoms with Crippen LogP contribution in [0.5, 0.6) is 0 Å². The second-order valence-corrected chi connectivity index (χ2v) is 6.41. The molecular weight excluding hydrogens is 310 g/mol. The number of hydrogen-bond acceptors (Lipinski definition) is 1. The summed E-state index contributed by atoms with van der Waals surface area (Å²) in [6.45, 7) is 6.49. The molecular formula is C18H22BrN. The maximum atomic E-state index is 3.62. The average molecular weight is 332 g/mol. The molecule has 2 aromatic rings. The molecule has 0 fully saturated rings. The number of benzene rings is 2. The van der Waals surface area contributed by atoms with Crippen molar-refractivity contribution in [3.05, 3.63) is 63.6 Å². The van der Waals surface area contributed by atoms with E-state index in [0.29, 0.717) is 6.04 Å². The van der Waals surface area contributed by atoms with E-state index in [0.717, 1.165) is 17.3 Å². The van der Waals surface area contributed by atoms with Gasteiger partial charge in [0, 0.05) is 16.2 Å². The molecule has 1 atom stereocenters. The van der Waals surface area contributed by atoms with Gasteiger partial charge in [0.1, 0.15) is 0 Å². The van der Waals surface area contributed by atoms with Crippen LogP contribution < -0.4 is 5.32 Å². The number of anilines is 1. The highest BCUT2D eigenvalue weighted by Gasteiger charge is 2.06. The van der Waals surface area contributed by atoms with Gasteiger partial charge in [0.15, 0.2) is 0 Å². The molecule has 0 amide bonds. The summed E-state index contributed by atoms with van der Waals surface area (Å²) in [7, 11) is 0. The average Bonchev–Trinajstić information content (AvgIpc) is 2.40. The van der Waals surface area contributed by atoms with Crippen LogP contribution in [0.25, 0.3) is 0 Å². The topological polar surface area (TPSA) is 12.0 Å². The largest absolute Gasteiger partial charge is 0.382 e. The lowest BCUT2D eigenvalue weighted by Crippen LogP contribution is -2.16. The predicted molar refractivity (Wildman–Crippen MR) is 91.5 cm³/mol. The zero-order valence-corrected chi connectivity index (χ0v) is 14.0. The van der Waals surface area contributed by atoms with Crippen molar-refractivity contribution in [2.75, 3.05) is 5.32 Å². The van der Waals surface area contributed by atoms with Crippen LogP contribution in [0, 0.1) is 13.8 Å². The summed E-state index contributed by atoms with van der Waals surface area (Å²) in [6, 6.07) is 15.7. The SMILES string of the molecule is Cc1cccc(CCC(C)Nc2ccc(C)cc2Br)c1. The highest BCUT2D eigenvalue weighted by Crippen LogP contribution is 2.24.